The lowest BCUT2D eigenvalue weighted by molar-refractivity contribution is -0.121. The van der Waals surface area contributed by atoms with Crippen molar-refractivity contribution >= 4 is 5.91 Å². The van der Waals surface area contributed by atoms with Gasteiger partial charge in [0.25, 0.3) is 0 Å². The first-order valence-electron chi connectivity index (χ1n) is 6.65. The highest BCUT2D eigenvalue weighted by atomic mass is 16.5. The maximum absolute atomic E-state index is 11.6. The molecule has 1 amide bonds. The van der Waals surface area contributed by atoms with Crippen LogP contribution in [0.1, 0.15) is 25.7 Å². The van der Waals surface area contributed by atoms with Crippen LogP contribution in [0.25, 0.3) is 0 Å². The second kappa shape index (κ2) is 7.16. The zero-order valence-electron chi connectivity index (χ0n) is 10.7. The standard InChI is InChI=1S/C13H21N3O2/c17-13(4-7-16-8-6-14-11-16)15-5-3-12-2-1-9-18-10-12/h6,8,11-12H,1-5,7,9-10H2,(H,15,17)/t12-/m1/s1. The number of hydrogen-bond acceptors (Lipinski definition) is 3. The molecule has 0 spiro atoms. The number of aryl methyl sites for hydroxylation is 1. The molecule has 1 fully saturated rings. The summed E-state index contributed by atoms with van der Waals surface area (Å²) in [7, 11) is 0. The molecule has 18 heavy (non-hydrogen) atoms. The van der Waals surface area contributed by atoms with Gasteiger partial charge >= 0.3 is 0 Å². The molecule has 1 saturated heterocycles. The third-order valence-corrected chi connectivity index (χ3v) is 3.29. The number of carbonyl (C=O) groups excluding carboxylic acids is 1. The first-order chi connectivity index (χ1) is 8.84. The third kappa shape index (κ3) is 4.49. The second-order valence-corrected chi connectivity index (χ2v) is 4.77. The molecule has 0 aliphatic carbocycles. The van der Waals surface area contributed by atoms with Gasteiger partial charge in [-0.3, -0.25) is 4.79 Å². The van der Waals surface area contributed by atoms with Crippen molar-refractivity contribution in [1.29, 1.82) is 0 Å². The lowest BCUT2D eigenvalue weighted by Crippen LogP contribution is -2.28. The van der Waals surface area contributed by atoms with Crippen molar-refractivity contribution in [3.05, 3.63) is 18.7 Å². The van der Waals surface area contributed by atoms with E-state index in [1.54, 1.807) is 12.5 Å². The first-order valence-corrected chi connectivity index (χ1v) is 6.65. The lowest BCUT2D eigenvalue weighted by Gasteiger charge is -2.21. The number of hydrogen-bond donors (Lipinski definition) is 1. The molecule has 1 aliphatic rings. The van der Waals surface area contributed by atoms with E-state index in [0.717, 1.165) is 32.6 Å². The van der Waals surface area contributed by atoms with Crippen LogP contribution in [0.2, 0.25) is 0 Å². The number of aromatic nitrogens is 2. The van der Waals surface area contributed by atoms with Crippen molar-refractivity contribution in [3.8, 4) is 0 Å². The normalized spacial score (nSPS) is 19.7. The Balaban J connectivity index is 1.54. The quantitative estimate of drug-likeness (QED) is 0.826. The van der Waals surface area contributed by atoms with Crippen LogP contribution in [0.15, 0.2) is 18.7 Å². The first kappa shape index (κ1) is 13.1. The van der Waals surface area contributed by atoms with Crippen molar-refractivity contribution in [3.63, 3.8) is 0 Å². The second-order valence-electron chi connectivity index (χ2n) is 4.77. The molecule has 1 atom stereocenters. The Bertz CT molecular complexity index is 345. The predicted octanol–water partition coefficient (Wildman–Crippen LogP) is 1.21. The van der Waals surface area contributed by atoms with E-state index in [0.29, 0.717) is 18.9 Å². The minimum absolute atomic E-state index is 0.112. The smallest absolute Gasteiger partial charge is 0.221 e. The average molecular weight is 251 g/mol. The van der Waals surface area contributed by atoms with E-state index >= 15 is 0 Å². The Morgan fingerprint density at radius 1 is 1.56 bits per heavy atom. The number of amides is 1. The van der Waals surface area contributed by atoms with Gasteiger partial charge in [-0.2, -0.15) is 0 Å². The highest BCUT2D eigenvalue weighted by Gasteiger charge is 2.13. The molecule has 0 radical (unpaired) electrons. The molecule has 0 bridgehead atoms. The van der Waals surface area contributed by atoms with E-state index in [4.69, 9.17) is 4.74 Å². The van der Waals surface area contributed by atoms with Crippen LogP contribution in [0.4, 0.5) is 0 Å². The molecule has 1 aromatic heterocycles. The van der Waals surface area contributed by atoms with Crippen LogP contribution < -0.4 is 5.32 Å². The van der Waals surface area contributed by atoms with E-state index in [-0.39, 0.29) is 5.91 Å². The van der Waals surface area contributed by atoms with Gasteiger partial charge in [0, 0.05) is 45.1 Å². The zero-order chi connectivity index (χ0) is 12.6. The maximum Gasteiger partial charge on any atom is 0.221 e. The van der Waals surface area contributed by atoms with E-state index < -0.39 is 0 Å². The van der Waals surface area contributed by atoms with Gasteiger partial charge in [0.2, 0.25) is 5.91 Å². The molecule has 1 aromatic rings. The fraction of sp³-hybridized carbons (Fsp3) is 0.692. The lowest BCUT2D eigenvalue weighted by atomic mass is 9.99. The van der Waals surface area contributed by atoms with Crippen LogP contribution >= 0.6 is 0 Å². The molecule has 0 saturated carbocycles. The average Bonchev–Trinajstić information content (AvgIpc) is 2.91. The Kier molecular flexibility index (Phi) is 5.20. The molecule has 1 N–H and O–H groups in total. The summed E-state index contributed by atoms with van der Waals surface area (Å²) in [5.41, 5.74) is 0. The molecule has 1 aliphatic heterocycles. The minimum atomic E-state index is 0.112. The van der Waals surface area contributed by atoms with Crippen molar-refractivity contribution in [2.75, 3.05) is 19.8 Å². The number of nitrogens with one attached hydrogen (secondary N) is 1. The van der Waals surface area contributed by atoms with Gasteiger partial charge < -0.3 is 14.6 Å². The Labute approximate surface area is 108 Å². The molecule has 100 valence electrons. The summed E-state index contributed by atoms with van der Waals surface area (Å²) in [4.78, 5) is 15.5. The number of imidazole rings is 1. The Morgan fingerprint density at radius 2 is 2.50 bits per heavy atom. The molecular formula is C13H21N3O2. The summed E-state index contributed by atoms with van der Waals surface area (Å²) in [6.07, 6.45) is 9.23. The van der Waals surface area contributed by atoms with Crippen molar-refractivity contribution in [2.45, 2.75) is 32.2 Å². The SMILES string of the molecule is O=C(CCn1ccnc1)NCC[C@H]1CCCOC1. The van der Waals surface area contributed by atoms with Gasteiger partial charge in [0.1, 0.15) is 0 Å². The molecular weight excluding hydrogens is 230 g/mol. The van der Waals surface area contributed by atoms with Crippen molar-refractivity contribution in [2.24, 2.45) is 5.92 Å². The zero-order valence-corrected chi connectivity index (χ0v) is 10.7. The van der Waals surface area contributed by atoms with Crippen molar-refractivity contribution < 1.29 is 9.53 Å². The van der Waals surface area contributed by atoms with Gasteiger partial charge in [-0.1, -0.05) is 0 Å². The summed E-state index contributed by atoms with van der Waals surface area (Å²) < 4.78 is 7.32. The van der Waals surface area contributed by atoms with E-state index in [1.165, 1.54) is 6.42 Å². The van der Waals surface area contributed by atoms with Crippen LogP contribution in [0, 0.1) is 5.92 Å². The Hall–Kier alpha value is -1.36. The largest absolute Gasteiger partial charge is 0.381 e. The Morgan fingerprint density at radius 3 is 3.22 bits per heavy atom. The van der Waals surface area contributed by atoms with Gasteiger partial charge in [-0.15, -0.1) is 0 Å². The summed E-state index contributed by atoms with van der Waals surface area (Å²) in [5.74, 6) is 0.730. The van der Waals surface area contributed by atoms with Gasteiger partial charge in [-0.25, -0.2) is 4.98 Å². The van der Waals surface area contributed by atoms with E-state index in [1.807, 2.05) is 10.8 Å². The minimum Gasteiger partial charge on any atom is -0.381 e. The maximum atomic E-state index is 11.6. The van der Waals surface area contributed by atoms with Gasteiger partial charge in [0.15, 0.2) is 0 Å². The van der Waals surface area contributed by atoms with Gasteiger partial charge in [-0.05, 0) is 25.2 Å². The van der Waals surface area contributed by atoms with Crippen molar-refractivity contribution in [1.82, 2.24) is 14.9 Å². The predicted molar refractivity (Wildman–Crippen MR) is 68.0 cm³/mol. The van der Waals surface area contributed by atoms with Crippen LogP contribution in [0.5, 0.6) is 0 Å². The molecule has 0 unspecified atom stereocenters. The fourth-order valence-electron chi connectivity index (χ4n) is 2.19. The number of ether oxygens (including phenoxy) is 1. The molecule has 5 nitrogen and oxygen atoms in total. The van der Waals surface area contributed by atoms with Gasteiger partial charge in [0.05, 0.1) is 6.33 Å². The molecule has 0 aromatic carbocycles. The highest BCUT2D eigenvalue weighted by Crippen LogP contribution is 2.16. The summed E-state index contributed by atoms with van der Waals surface area (Å²) in [6, 6.07) is 0. The van der Waals surface area contributed by atoms with Crippen LogP contribution in [-0.2, 0) is 16.1 Å². The summed E-state index contributed by atoms with van der Waals surface area (Å²) >= 11 is 0. The summed E-state index contributed by atoms with van der Waals surface area (Å²) in [5, 5.41) is 2.96. The molecule has 5 heteroatoms. The van der Waals surface area contributed by atoms with E-state index in [2.05, 4.69) is 10.3 Å². The van der Waals surface area contributed by atoms with Crippen LogP contribution in [0.3, 0.4) is 0 Å². The topological polar surface area (TPSA) is 56.2 Å². The number of carbonyl (C=O) groups is 1. The number of rotatable bonds is 6. The van der Waals surface area contributed by atoms with Crippen LogP contribution in [-0.4, -0.2) is 35.2 Å². The molecule has 2 rings (SSSR count). The number of nitrogens with zero attached hydrogens (tertiary/aromatic N) is 2. The highest BCUT2D eigenvalue weighted by molar-refractivity contribution is 5.75. The fourth-order valence-corrected chi connectivity index (χ4v) is 2.19. The third-order valence-electron chi connectivity index (χ3n) is 3.29. The van der Waals surface area contributed by atoms with E-state index in [9.17, 15) is 4.79 Å². The molecule has 2 heterocycles. The monoisotopic (exact) mass is 251 g/mol. The summed E-state index contributed by atoms with van der Waals surface area (Å²) in [6.45, 7) is 3.20.